The van der Waals surface area contributed by atoms with Crippen LogP contribution in [0.1, 0.15) is 110 Å². The fourth-order valence-corrected chi connectivity index (χ4v) is 3.24. The SMILES string of the molecule is CCCCCCCCCC(=O)OC(=O)C(I)CCCCCCCC.Cl.[KH].[NaH]. The molecule has 0 saturated carbocycles. The summed E-state index contributed by atoms with van der Waals surface area (Å²) < 4.78 is 4.78. The van der Waals surface area contributed by atoms with E-state index in [4.69, 9.17) is 4.74 Å². The van der Waals surface area contributed by atoms with Crippen LogP contribution < -0.4 is 0 Å². The second kappa shape index (κ2) is 28.8. The van der Waals surface area contributed by atoms with Crippen LogP contribution in [0.25, 0.3) is 0 Å². The number of ether oxygens (including phenoxy) is 1. The topological polar surface area (TPSA) is 43.4 Å². The summed E-state index contributed by atoms with van der Waals surface area (Å²) >= 11 is 2.11. The molecule has 0 aliphatic heterocycles. The van der Waals surface area contributed by atoms with Crippen molar-refractivity contribution in [2.24, 2.45) is 0 Å². The van der Waals surface area contributed by atoms with Gasteiger partial charge in [0.15, 0.2) is 0 Å². The van der Waals surface area contributed by atoms with Gasteiger partial charge >= 0.3 is 92.9 Å². The number of unbranched alkanes of at least 4 members (excludes halogenated alkanes) is 11. The van der Waals surface area contributed by atoms with Crippen LogP contribution in [0.2, 0.25) is 0 Å². The molecule has 0 amide bonds. The summed E-state index contributed by atoms with van der Waals surface area (Å²) in [7, 11) is 0. The van der Waals surface area contributed by atoms with Gasteiger partial charge in [-0.25, -0.2) is 0 Å². The Kier molecular flexibility index (Phi) is 39.6. The van der Waals surface area contributed by atoms with Gasteiger partial charge in [-0.2, -0.15) is 0 Å². The Labute approximate surface area is 252 Å². The van der Waals surface area contributed by atoms with Gasteiger partial charge in [0.1, 0.15) is 3.92 Å². The van der Waals surface area contributed by atoms with Crippen LogP contribution in [0.15, 0.2) is 0 Å². The third-order valence-electron chi connectivity index (χ3n) is 4.27. The summed E-state index contributed by atoms with van der Waals surface area (Å²) in [5.41, 5.74) is 0. The number of halogens is 2. The van der Waals surface area contributed by atoms with Crippen molar-refractivity contribution in [3.8, 4) is 0 Å². The number of hydrogen-bond donors (Lipinski definition) is 0. The summed E-state index contributed by atoms with van der Waals surface area (Å²) in [6.07, 6.45) is 16.6. The molecule has 0 fully saturated rings. The molecule has 0 rings (SSSR count). The molecular weight excluding hydrogens is 513 g/mol. The molecule has 0 aromatic carbocycles. The first-order valence-electron chi connectivity index (χ1n) is 10.00. The molecule has 0 N–H and O–H groups in total. The molecule has 27 heavy (non-hydrogen) atoms. The van der Waals surface area contributed by atoms with Crippen LogP contribution in [0.4, 0.5) is 0 Å². The zero-order chi connectivity index (χ0) is 18.0. The van der Waals surface area contributed by atoms with Crippen molar-refractivity contribution in [3.05, 3.63) is 0 Å². The van der Waals surface area contributed by atoms with E-state index in [2.05, 4.69) is 36.4 Å². The Morgan fingerprint density at radius 1 is 0.778 bits per heavy atom. The van der Waals surface area contributed by atoms with Crippen molar-refractivity contribution in [1.82, 2.24) is 0 Å². The van der Waals surface area contributed by atoms with E-state index in [0.29, 0.717) is 6.42 Å². The number of esters is 2. The first-order valence-corrected chi connectivity index (χ1v) is 11.2. The fourth-order valence-electron chi connectivity index (χ4n) is 2.68. The second-order valence-corrected chi connectivity index (χ2v) is 8.19. The van der Waals surface area contributed by atoms with Gasteiger partial charge in [-0.1, -0.05) is 113 Å². The van der Waals surface area contributed by atoms with E-state index >= 15 is 0 Å². The molecule has 154 valence electrons. The molecule has 7 heteroatoms. The molecule has 0 aliphatic rings. The first kappa shape index (κ1) is 37.1. The molecule has 1 unspecified atom stereocenters. The van der Waals surface area contributed by atoms with Crippen LogP contribution in [0, 0.1) is 0 Å². The minimum absolute atomic E-state index is 0. The van der Waals surface area contributed by atoms with E-state index in [-0.39, 0.29) is 109 Å². The molecule has 0 heterocycles. The Morgan fingerprint density at radius 2 is 1.19 bits per heavy atom. The van der Waals surface area contributed by atoms with Crippen molar-refractivity contribution in [1.29, 1.82) is 0 Å². The van der Waals surface area contributed by atoms with Crippen LogP contribution >= 0.6 is 35.0 Å². The predicted octanol–water partition coefficient (Wildman–Crippen LogP) is 5.88. The summed E-state index contributed by atoms with van der Waals surface area (Å²) in [6.45, 7) is 4.42. The third-order valence-corrected chi connectivity index (χ3v) is 5.40. The second-order valence-electron chi connectivity index (χ2n) is 6.69. The molecule has 0 radical (unpaired) electrons. The van der Waals surface area contributed by atoms with Gasteiger partial charge in [-0.15, -0.1) is 12.4 Å². The number of rotatable bonds is 16. The molecule has 1 atom stereocenters. The zero-order valence-electron chi connectivity index (χ0n) is 16.2. The number of alkyl halides is 1. The van der Waals surface area contributed by atoms with Gasteiger partial charge < -0.3 is 4.74 Å². The summed E-state index contributed by atoms with van der Waals surface area (Å²) in [5.74, 6) is -0.699. The average Bonchev–Trinajstić information content (AvgIpc) is 2.56. The van der Waals surface area contributed by atoms with Crippen LogP contribution in [0.3, 0.4) is 0 Å². The van der Waals surface area contributed by atoms with E-state index in [0.717, 1.165) is 25.7 Å². The minimum atomic E-state index is -0.350. The molecule has 0 bridgehead atoms. The van der Waals surface area contributed by atoms with Gasteiger partial charge in [0.25, 0.3) is 0 Å². The summed E-state index contributed by atoms with van der Waals surface area (Å²) in [4.78, 5) is 23.6. The van der Waals surface area contributed by atoms with Crippen LogP contribution in [-0.2, 0) is 14.3 Å². The molecule has 0 aliphatic carbocycles. The van der Waals surface area contributed by atoms with E-state index < -0.39 is 0 Å². The standard InChI is InChI=1S/C20H37IO3.ClH.K.Na.2H/c1-3-5-7-9-11-13-15-17-19(22)24-20(23)18(21)16-14-12-10-8-6-4-2;;;;;/h18H,3-17H2,1-2H3;1H;;;;. The summed E-state index contributed by atoms with van der Waals surface area (Å²) in [6, 6.07) is 0. The monoisotopic (exact) mass is 552 g/mol. The van der Waals surface area contributed by atoms with Crippen LogP contribution in [-0.4, -0.2) is 96.8 Å². The van der Waals surface area contributed by atoms with Crippen molar-refractivity contribution in [2.45, 2.75) is 114 Å². The van der Waals surface area contributed by atoms with Crippen molar-refractivity contribution < 1.29 is 14.3 Å². The fraction of sp³-hybridized carbons (Fsp3) is 0.900. The van der Waals surface area contributed by atoms with E-state index in [1.54, 1.807) is 0 Å². The number of carbonyl (C=O) groups excluding carboxylic acids is 2. The Hall–Kier alpha value is 2.80. The maximum absolute atomic E-state index is 11.9. The van der Waals surface area contributed by atoms with Gasteiger partial charge in [-0.3, -0.25) is 9.59 Å². The normalized spacial score (nSPS) is 10.8. The van der Waals surface area contributed by atoms with Crippen LogP contribution in [0.5, 0.6) is 0 Å². The predicted molar refractivity (Wildman–Crippen MR) is 131 cm³/mol. The Bertz CT molecular complexity index is 336. The van der Waals surface area contributed by atoms with E-state index in [9.17, 15) is 9.59 Å². The van der Waals surface area contributed by atoms with Crippen molar-refractivity contribution in [2.75, 3.05) is 0 Å². The molecule has 0 aromatic heterocycles. The van der Waals surface area contributed by atoms with E-state index in [1.807, 2.05) is 0 Å². The van der Waals surface area contributed by atoms with Gasteiger partial charge in [-0.05, 0) is 12.8 Å². The van der Waals surface area contributed by atoms with Crippen molar-refractivity contribution in [3.63, 3.8) is 0 Å². The molecule has 0 saturated heterocycles. The average molecular weight is 553 g/mol. The zero-order valence-corrected chi connectivity index (χ0v) is 19.2. The molecule has 0 aromatic rings. The van der Waals surface area contributed by atoms with E-state index in [1.165, 1.54) is 64.2 Å². The maximum atomic E-state index is 11.9. The quantitative estimate of drug-likeness (QED) is 0.0600. The number of carbonyl (C=O) groups is 2. The number of hydrogen-bond acceptors (Lipinski definition) is 3. The van der Waals surface area contributed by atoms with Gasteiger partial charge in [0.2, 0.25) is 0 Å². The molecule has 3 nitrogen and oxygen atoms in total. The Morgan fingerprint density at radius 3 is 1.67 bits per heavy atom. The third kappa shape index (κ3) is 26.8. The van der Waals surface area contributed by atoms with Crippen molar-refractivity contribution >= 4 is 128 Å². The Balaban J connectivity index is -0.000000882. The molecular formula is C20H40ClIKNaO3. The van der Waals surface area contributed by atoms with Gasteiger partial charge in [0, 0.05) is 6.42 Å². The van der Waals surface area contributed by atoms with Gasteiger partial charge in [0.05, 0.1) is 0 Å². The summed E-state index contributed by atoms with van der Waals surface area (Å²) in [5, 5.41) is 0. The molecule has 0 spiro atoms. The first-order chi connectivity index (χ1) is 11.6.